The fourth-order valence-electron chi connectivity index (χ4n) is 3.13. The lowest BCUT2D eigenvalue weighted by Crippen LogP contribution is -2.21. The molecule has 28 heavy (non-hydrogen) atoms. The first kappa shape index (κ1) is 16.7. The van der Waals surface area contributed by atoms with Gasteiger partial charge in [-0.2, -0.15) is 5.10 Å². The van der Waals surface area contributed by atoms with E-state index in [1.807, 2.05) is 54.6 Å². The number of rotatable bonds is 3. The number of nitrogens with zero attached hydrogens (tertiary/aromatic N) is 4. The van der Waals surface area contributed by atoms with Crippen LogP contribution in [-0.4, -0.2) is 19.3 Å². The molecule has 0 saturated heterocycles. The molecule has 0 spiro atoms. The predicted octanol–water partition coefficient (Wildman–Crippen LogP) is 4.59. The number of para-hydroxylation sites is 1. The van der Waals surface area contributed by atoms with E-state index in [-0.39, 0.29) is 5.56 Å². The molecule has 3 heterocycles. The van der Waals surface area contributed by atoms with Crippen molar-refractivity contribution in [1.29, 1.82) is 0 Å². The largest absolute Gasteiger partial charge is 0.461 e. The summed E-state index contributed by atoms with van der Waals surface area (Å²) in [5.74, 6) is 0.922. The molecule has 0 N–H and O–H groups in total. The van der Waals surface area contributed by atoms with Gasteiger partial charge in [-0.15, -0.1) is 0 Å². The first-order chi connectivity index (χ1) is 13.7. The van der Waals surface area contributed by atoms with Gasteiger partial charge in [0.25, 0.3) is 5.56 Å². The smallest absolute Gasteiger partial charge is 0.269 e. The molecule has 0 atom stereocenters. The zero-order chi connectivity index (χ0) is 19.1. The summed E-state index contributed by atoms with van der Waals surface area (Å²) in [7, 11) is 0. The van der Waals surface area contributed by atoms with E-state index in [9.17, 15) is 4.79 Å². The van der Waals surface area contributed by atoms with Gasteiger partial charge in [-0.25, -0.2) is 9.67 Å². The number of furan rings is 1. The minimum atomic E-state index is -0.207. The van der Waals surface area contributed by atoms with Crippen LogP contribution in [0.2, 0.25) is 0 Å². The van der Waals surface area contributed by atoms with Crippen LogP contribution < -0.4 is 5.56 Å². The first-order valence-electron chi connectivity index (χ1n) is 8.58. The van der Waals surface area contributed by atoms with E-state index in [0.29, 0.717) is 28.3 Å². The molecule has 0 radical (unpaired) electrons. The quantitative estimate of drug-likeness (QED) is 0.418. The average molecular weight is 433 g/mol. The monoisotopic (exact) mass is 432 g/mol. The normalized spacial score (nSPS) is 11.2. The molecule has 0 aliphatic rings. The van der Waals surface area contributed by atoms with Gasteiger partial charge in [0.05, 0.1) is 23.8 Å². The van der Waals surface area contributed by atoms with E-state index >= 15 is 0 Å². The highest BCUT2D eigenvalue weighted by atomic mass is 79.9. The maximum Gasteiger partial charge on any atom is 0.269 e. The topological polar surface area (TPSA) is 65.8 Å². The Hall–Kier alpha value is -3.45. The van der Waals surface area contributed by atoms with Gasteiger partial charge in [0.15, 0.2) is 17.2 Å². The summed E-state index contributed by atoms with van der Waals surface area (Å²) in [6.07, 6.45) is 3.12. The molecule has 0 amide bonds. The van der Waals surface area contributed by atoms with Gasteiger partial charge in [0, 0.05) is 4.47 Å². The fourth-order valence-corrected chi connectivity index (χ4v) is 3.39. The maximum atomic E-state index is 13.4. The number of aromatic nitrogens is 4. The van der Waals surface area contributed by atoms with Crippen LogP contribution in [0.3, 0.4) is 0 Å². The Morgan fingerprint density at radius 2 is 1.68 bits per heavy atom. The van der Waals surface area contributed by atoms with Crippen LogP contribution in [0.15, 0.2) is 92.9 Å². The predicted molar refractivity (Wildman–Crippen MR) is 110 cm³/mol. The number of fused-ring (bicyclic) bond motifs is 1. The number of hydrogen-bond donors (Lipinski definition) is 0. The Morgan fingerprint density at radius 3 is 2.39 bits per heavy atom. The Kier molecular flexibility index (Phi) is 3.95. The molecule has 136 valence electrons. The number of halogens is 1. The zero-order valence-corrected chi connectivity index (χ0v) is 16.1. The average Bonchev–Trinajstić information content (AvgIpc) is 3.39. The van der Waals surface area contributed by atoms with Crippen LogP contribution in [0.4, 0.5) is 0 Å². The Labute approximate surface area is 167 Å². The summed E-state index contributed by atoms with van der Waals surface area (Å²) in [4.78, 5) is 18.2. The van der Waals surface area contributed by atoms with Crippen molar-refractivity contribution in [1.82, 2.24) is 19.3 Å². The minimum Gasteiger partial charge on any atom is -0.461 e. The van der Waals surface area contributed by atoms with Crippen molar-refractivity contribution in [2.45, 2.75) is 0 Å². The van der Waals surface area contributed by atoms with Crippen LogP contribution in [-0.2, 0) is 0 Å². The van der Waals surface area contributed by atoms with E-state index in [1.165, 1.54) is 0 Å². The van der Waals surface area contributed by atoms with Gasteiger partial charge in [-0.3, -0.25) is 9.36 Å². The van der Waals surface area contributed by atoms with E-state index in [4.69, 9.17) is 9.40 Å². The van der Waals surface area contributed by atoms with Crippen LogP contribution >= 0.6 is 15.9 Å². The standard InChI is InChI=1S/C21H13BrN4O2/c22-14-8-10-15(11-9-14)25-20(18-7-4-12-28-18)24-19-17(21(25)27)13-23-26(19)16-5-2-1-3-6-16/h1-13H. The lowest BCUT2D eigenvalue weighted by atomic mass is 10.2. The summed E-state index contributed by atoms with van der Waals surface area (Å²) >= 11 is 3.43. The Bertz CT molecular complexity index is 1320. The van der Waals surface area contributed by atoms with E-state index < -0.39 is 0 Å². The van der Waals surface area contributed by atoms with Gasteiger partial charge in [-0.1, -0.05) is 34.1 Å². The highest BCUT2D eigenvalue weighted by Gasteiger charge is 2.19. The summed E-state index contributed by atoms with van der Waals surface area (Å²) in [5, 5.41) is 4.83. The van der Waals surface area contributed by atoms with Gasteiger partial charge < -0.3 is 4.42 Å². The van der Waals surface area contributed by atoms with Crippen LogP contribution in [0, 0.1) is 0 Å². The molecule has 0 unspecified atom stereocenters. The van der Waals surface area contributed by atoms with Crippen molar-refractivity contribution < 1.29 is 4.42 Å². The van der Waals surface area contributed by atoms with Gasteiger partial charge in [0.1, 0.15) is 5.39 Å². The van der Waals surface area contributed by atoms with Gasteiger partial charge in [-0.05, 0) is 48.5 Å². The van der Waals surface area contributed by atoms with Crippen LogP contribution in [0.1, 0.15) is 0 Å². The molecule has 6 nitrogen and oxygen atoms in total. The number of benzene rings is 2. The molecule has 0 bridgehead atoms. The van der Waals surface area contributed by atoms with Gasteiger partial charge >= 0.3 is 0 Å². The molecule has 0 saturated carbocycles. The van der Waals surface area contributed by atoms with Crippen molar-refractivity contribution in [3.8, 4) is 23.0 Å². The molecule has 0 fully saturated rings. The molecule has 2 aromatic carbocycles. The van der Waals surface area contributed by atoms with E-state index in [0.717, 1.165) is 10.2 Å². The van der Waals surface area contributed by atoms with Crippen molar-refractivity contribution in [3.63, 3.8) is 0 Å². The second-order valence-electron chi connectivity index (χ2n) is 6.16. The minimum absolute atomic E-state index is 0.207. The molecular weight excluding hydrogens is 420 g/mol. The zero-order valence-electron chi connectivity index (χ0n) is 14.5. The molecule has 5 aromatic rings. The molecule has 0 aliphatic carbocycles. The molecule has 0 aliphatic heterocycles. The van der Waals surface area contributed by atoms with E-state index in [2.05, 4.69) is 21.0 Å². The lowest BCUT2D eigenvalue weighted by molar-refractivity contribution is 0.574. The summed E-state index contributed by atoms with van der Waals surface area (Å²) in [6, 6.07) is 20.6. The third-order valence-corrected chi connectivity index (χ3v) is 4.96. The number of hydrogen-bond acceptors (Lipinski definition) is 4. The SMILES string of the molecule is O=c1c2cnn(-c3ccccc3)c2nc(-c2ccco2)n1-c1ccc(Br)cc1. The third kappa shape index (κ3) is 2.68. The van der Waals surface area contributed by atoms with Crippen LogP contribution in [0.5, 0.6) is 0 Å². The highest BCUT2D eigenvalue weighted by molar-refractivity contribution is 9.10. The second-order valence-corrected chi connectivity index (χ2v) is 7.07. The lowest BCUT2D eigenvalue weighted by Gasteiger charge is -2.12. The second kappa shape index (κ2) is 6.61. The van der Waals surface area contributed by atoms with Crippen molar-refractivity contribution in [3.05, 3.63) is 94.0 Å². The Balaban J connectivity index is 1.85. The summed E-state index contributed by atoms with van der Waals surface area (Å²) in [6.45, 7) is 0. The Morgan fingerprint density at radius 1 is 0.893 bits per heavy atom. The molecule has 5 rings (SSSR count). The van der Waals surface area contributed by atoms with E-state index in [1.54, 1.807) is 33.8 Å². The van der Waals surface area contributed by atoms with Crippen molar-refractivity contribution in [2.24, 2.45) is 0 Å². The highest BCUT2D eigenvalue weighted by Crippen LogP contribution is 2.24. The fraction of sp³-hybridized carbons (Fsp3) is 0. The van der Waals surface area contributed by atoms with Gasteiger partial charge in [0.2, 0.25) is 0 Å². The van der Waals surface area contributed by atoms with Crippen LogP contribution in [0.25, 0.3) is 34.0 Å². The molecule has 7 heteroatoms. The first-order valence-corrected chi connectivity index (χ1v) is 9.38. The third-order valence-electron chi connectivity index (χ3n) is 4.43. The summed E-state index contributed by atoms with van der Waals surface area (Å²) < 4.78 is 9.70. The molecular formula is C21H13BrN4O2. The van der Waals surface area contributed by atoms with Crippen molar-refractivity contribution >= 4 is 27.0 Å². The maximum absolute atomic E-state index is 13.4. The summed E-state index contributed by atoms with van der Waals surface area (Å²) in [5.41, 5.74) is 1.80. The van der Waals surface area contributed by atoms with Crippen molar-refractivity contribution in [2.75, 3.05) is 0 Å². The molecule has 3 aromatic heterocycles.